The van der Waals surface area contributed by atoms with Gasteiger partial charge in [-0.3, -0.25) is 4.79 Å². The number of morpholine rings is 1. The van der Waals surface area contributed by atoms with Gasteiger partial charge in [-0.25, -0.2) is 0 Å². The van der Waals surface area contributed by atoms with Crippen LogP contribution in [-0.4, -0.2) is 35.1 Å². The third kappa shape index (κ3) is 3.40. The summed E-state index contributed by atoms with van der Waals surface area (Å²) in [6, 6.07) is 15.1. The number of hydrogen-bond acceptors (Lipinski definition) is 3. The van der Waals surface area contributed by atoms with Gasteiger partial charge in [-0.2, -0.15) is 0 Å². The van der Waals surface area contributed by atoms with E-state index in [2.05, 4.69) is 12.1 Å². The number of hydrogen-bond donors (Lipinski definition) is 1. The van der Waals surface area contributed by atoms with Crippen LogP contribution in [0, 0.1) is 12.8 Å². The largest absolute Gasteiger partial charge is 0.508 e. The Kier molecular flexibility index (Phi) is 4.22. The summed E-state index contributed by atoms with van der Waals surface area (Å²) in [6.45, 7) is 3.07. The molecule has 2 aromatic rings. The molecule has 2 atom stereocenters. The molecule has 1 saturated carbocycles. The molecule has 4 heteroatoms. The van der Waals surface area contributed by atoms with Gasteiger partial charge >= 0.3 is 0 Å². The summed E-state index contributed by atoms with van der Waals surface area (Å²) in [7, 11) is 0. The van der Waals surface area contributed by atoms with E-state index in [1.807, 2.05) is 30.0 Å². The second kappa shape index (κ2) is 6.52. The number of aryl methyl sites for hydroxylation is 1. The number of carbonyl (C=O) groups is 1. The highest BCUT2D eigenvalue weighted by Gasteiger charge is 2.40. The van der Waals surface area contributed by atoms with Gasteiger partial charge in [0.25, 0.3) is 5.91 Å². The van der Waals surface area contributed by atoms with Crippen molar-refractivity contribution >= 4 is 5.91 Å². The Morgan fingerprint density at radius 3 is 2.56 bits per heavy atom. The van der Waals surface area contributed by atoms with Crippen molar-refractivity contribution in [1.82, 2.24) is 4.90 Å². The molecule has 1 saturated heterocycles. The normalized spacial score (nSPS) is 23.5. The summed E-state index contributed by atoms with van der Waals surface area (Å²) in [6.07, 6.45) is 2.40. The first-order chi connectivity index (χ1) is 12.1. The van der Waals surface area contributed by atoms with Crippen molar-refractivity contribution in [2.75, 3.05) is 13.1 Å². The number of ether oxygens (including phenoxy) is 1. The maximum atomic E-state index is 13.1. The van der Waals surface area contributed by atoms with E-state index in [1.165, 1.54) is 12.8 Å². The molecule has 2 fully saturated rings. The minimum absolute atomic E-state index is 0.0207. The molecule has 130 valence electrons. The molecule has 1 heterocycles. The lowest BCUT2D eigenvalue weighted by Crippen LogP contribution is -2.47. The molecule has 4 rings (SSSR count). The molecule has 0 aromatic heterocycles. The molecule has 1 N–H and O–H groups in total. The van der Waals surface area contributed by atoms with E-state index in [0.29, 0.717) is 24.6 Å². The van der Waals surface area contributed by atoms with Gasteiger partial charge < -0.3 is 14.7 Å². The van der Waals surface area contributed by atoms with Crippen LogP contribution in [0.25, 0.3) is 0 Å². The van der Waals surface area contributed by atoms with E-state index in [-0.39, 0.29) is 23.9 Å². The topological polar surface area (TPSA) is 49.8 Å². The highest BCUT2D eigenvalue weighted by molar-refractivity contribution is 5.96. The molecule has 0 bridgehead atoms. The van der Waals surface area contributed by atoms with Crippen molar-refractivity contribution in [3.05, 3.63) is 65.2 Å². The smallest absolute Gasteiger partial charge is 0.254 e. The molecule has 1 amide bonds. The van der Waals surface area contributed by atoms with E-state index in [4.69, 9.17) is 4.74 Å². The lowest BCUT2D eigenvalue weighted by molar-refractivity contribution is -0.0864. The molecular weight excluding hydrogens is 314 g/mol. The standard InChI is InChI=1S/C21H23NO3/c1-14-11-17(23)9-10-18(14)21(24)22-12-19(15-5-3-2-4-6-15)25-20(13-22)16-7-8-16/h2-6,9-11,16,19-20,23H,7-8,12-13H2,1H3/t19-,20+/m0/s1. The van der Waals surface area contributed by atoms with Crippen LogP contribution in [0.15, 0.2) is 48.5 Å². The van der Waals surface area contributed by atoms with Gasteiger partial charge in [0.15, 0.2) is 0 Å². The second-order valence-electron chi connectivity index (χ2n) is 7.12. The molecule has 1 aliphatic heterocycles. The number of phenols is 1. The number of amides is 1. The highest BCUT2D eigenvalue weighted by Crippen LogP contribution is 2.39. The van der Waals surface area contributed by atoms with Crippen LogP contribution in [-0.2, 0) is 4.74 Å². The summed E-state index contributed by atoms with van der Waals surface area (Å²) in [5.41, 5.74) is 2.57. The second-order valence-corrected chi connectivity index (χ2v) is 7.12. The average molecular weight is 337 g/mol. The summed E-state index contributed by atoms with van der Waals surface area (Å²) in [5.74, 6) is 0.782. The van der Waals surface area contributed by atoms with Crippen LogP contribution in [0.3, 0.4) is 0 Å². The Labute approximate surface area is 148 Å². The molecule has 1 aliphatic carbocycles. The highest BCUT2D eigenvalue weighted by atomic mass is 16.5. The van der Waals surface area contributed by atoms with Crippen molar-refractivity contribution in [2.24, 2.45) is 5.92 Å². The lowest BCUT2D eigenvalue weighted by atomic mass is 10.0. The van der Waals surface area contributed by atoms with E-state index in [0.717, 1.165) is 11.1 Å². The summed E-state index contributed by atoms with van der Waals surface area (Å²) in [4.78, 5) is 15.0. The SMILES string of the molecule is Cc1cc(O)ccc1C(=O)N1C[C@@H](c2ccccc2)O[C@@H](C2CC2)C1. The summed E-state index contributed by atoms with van der Waals surface area (Å²) < 4.78 is 6.33. The number of phenolic OH excluding ortho intramolecular Hbond substituents is 1. The number of nitrogens with zero attached hydrogens (tertiary/aromatic N) is 1. The Bertz CT molecular complexity index is 770. The Morgan fingerprint density at radius 1 is 1.12 bits per heavy atom. The van der Waals surface area contributed by atoms with Crippen LogP contribution in [0.4, 0.5) is 0 Å². The quantitative estimate of drug-likeness (QED) is 0.929. The number of benzene rings is 2. The maximum absolute atomic E-state index is 13.1. The van der Waals surface area contributed by atoms with Gasteiger partial charge in [-0.1, -0.05) is 30.3 Å². The van der Waals surface area contributed by atoms with Gasteiger partial charge in [0.2, 0.25) is 0 Å². The zero-order valence-corrected chi connectivity index (χ0v) is 14.4. The van der Waals surface area contributed by atoms with Crippen LogP contribution in [0.2, 0.25) is 0 Å². The maximum Gasteiger partial charge on any atom is 0.254 e. The third-order valence-corrected chi connectivity index (χ3v) is 5.17. The lowest BCUT2D eigenvalue weighted by Gasteiger charge is -2.39. The predicted molar refractivity (Wildman–Crippen MR) is 95.5 cm³/mol. The number of aromatic hydroxyl groups is 1. The first-order valence-electron chi connectivity index (χ1n) is 8.91. The monoisotopic (exact) mass is 337 g/mol. The minimum Gasteiger partial charge on any atom is -0.508 e. The first kappa shape index (κ1) is 16.2. The van der Waals surface area contributed by atoms with E-state index >= 15 is 0 Å². The Hall–Kier alpha value is -2.33. The van der Waals surface area contributed by atoms with E-state index in [1.54, 1.807) is 18.2 Å². The van der Waals surface area contributed by atoms with Crippen LogP contribution < -0.4 is 0 Å². The van der Waals surface area contributed by atoms with Crippen molar-refractivity contribution in [3.8, 4) is 5.75 Å². The zero-order chi connectivity index (χ0) is 17.4. The predicted octanol–water partition coefficient (Wildman–Crippen LogP) is 3.69. The molecule has 0 unspecified atom stereocenters. The molecule has 25 heavy (non-hydrogen) atoms. The zero-order valence-electron chi connectivity index (χ0n) is 14.4. The fourth-order valence-electron chi connectivity index (χ4n) is 3.59. The van der Waals surface area contributed by atoms with Gasteiger partial charge in [0, 0.05) is 12.1 Å². The van der Waals surface area contributed by atoms with Gasteiger partial charge in [0.1, 0.15) is 11.9 Å². The van der Waals surface area contributed by atoms with Crippen molar-refractivity contribution in [1.29, 1.82) is 0 Å². The van der Waals surface area contributed by atoms with Gasteiger partial charge in [-0.05, 0) is 55.0 Å². The minimum atomic E-state index is -0.0816. The Morgan fingerprint density at radius 2 is 1.88 bits per heavy atom. The average Bonchev–Trinajstić information content (AvgIpc) is 3.47. The summed E-state index contributed by atoms with van der Waals surface area (Å²) in [5, 5.41) is 9.60. The van der Waals surface area contributed by atoms with Gasteiger partial charge in [0.05, 0.1) is 12.6 Å². The van der Waals surface area contributed by atoms with Crippen molar-refractivity contribution in [2.45, 2.75) is 32.0 Å². The van der Waals surface area contributed by atoms with Crippen molar-refractivity contribution in [3.63, 3.8) is 0 Å². The van der Waals surface area contributed by atoms with E-state index in [9.17, 15) is 9.90 Å². The number of carbonyl (C=O) groups excluding carboxylic acids is 1. The molecule has 4 nitrogen and oxygen atoms in total. The van der Waals surface area contributed by atoms with Gasteiger partial charge in [-0.15, -0.1) is 0 Å². The first-order valence-corrected chi connectivity index (χ1v) is 8.91. The molecule has 2 aromatic carbocycles. The molecule has 0 radical (unpaired) electrons. The molecule has 2 aliphatic rings. The fraction of sp³-hybridized carbons (Fsp3) is 0.381. The third-order valence-electron chi connectivity index (χ3n) is 5.17. The molecular formula is C21H23NO3. The number of rotatable bonds is 3. The van der Waals surface area contributed by atoms with Crippen molar-refractivity contribution < 1.29 is 14.6 Å². The van der Waals surface area contributed by atoms with Crippen LogP contribution >= 0.6 is 0 Å². The summed E-state index contributed by atoms with van der Waals surface area (Å²) >= 11 is 0. The van der Waals surface area contributed by atoms with Crippen LogP contribution in [0.5, 0.6) is 5.75 Å². The Balaban J connectivity index is 1.60. The van der Waals surface area contributed by atoms with Crippen LogP contribution in [0.1, 0.15) is 40.4 Å². The van der Waals surface area contributed by atoms with E-state index < -0.39 is 0 Å². The molecule has 0 spiro atoms. The fourth-order valence-corrected chi connectivity index (χ4v) is 3.59.